The summed E-state index contributed by atoms with van der Waals surface area (Å²) in [4.78, 5) is 6.25. The Bertz CT molecular complexity index is 661. The molecule has 0 aliphatic heterocycles. The van der Waals surface area contributed by atoms with E-state index in [4.69, 9.17) is 10.1 Å². The van der Waals surface area contributed by atoms with Crippen LogP contribution in [0.1, 0.15) is 40.2 Å². The van der Waals surface area contributed by atoms with Crippen molar-refractivity contribution in [3.63, 3.8) is 0 Å². The van der Waals surface area contributed by atoms with E-state index in [1.165, 1.54) is 23.4 Å². The number of hydrogen-bond donors (Lipinski definition) is 2. The van der Waals surface area contributed by atoms with Crippen molar-refractivity contribution in [1.29, 1.82) is 0 Å². The van der Waals surface area contributed by atoms with Crippen LogP contribution in [0.3, 0.4) is 0 Å². The number of aromatic nitrogens is 3. The van der Waals surface area contributed by atoms with Gasteiger partial charge < -0.3 is 10.4 Å². The van der Waals surface area contributed by atoms with Crippen LogP contribution in [0.15, 0.2) is 0 Å². The van der Waals surface area contributed by atoms with Gasteiger partial charge in [-0.1, -0.05) is 6.92 Å². The lowest BCUT2D eigenvalue weighted by atomic mass is 9.93. The Balaban J connectivity index is 1.73. The van der Waals surface area contributed by atoms with Gasteiger partial charge in [-0.05, 0) is 39.0 Å². The van der Waals surface area contributed by atoms with Gasteiger partial charge in [-0.3, -0.25) is 0 Å². The molecule has 1 aliphatic rings. The molecule has 0 amide bonds. The van der Waals surface area contributed by atoms with Crippen LogP contribution in [0.25, 0.3) is 0 Å². The molecule has 5 nitrogen and oxygen atoms in total. The molecule has 0 spiro atoms. The maximum absolute atomic E-state index is 9.17. The van der Waals surface area contributed by atoms with Gasteiger partial charge in [0.2, 0.25) is 0 Å². The Morgan fingerprint density at radius 3 is 3.00 bits per heavy atom. The van der Waals surface area contributed by atoms with Gasteiger partial charge in [0, 0.05) is 10.4 Å². The number of rotatable bonds is 5. The summed E-state index contributed by atoms with van der Waals surface area (Å²) in [7, 11) is 0. The molecular formula is C16H24N4OS. The van der Waals surface area contributed by atoms with Crippen molar-refractivity contribution in [1.82, 2.24) is 14.8 Å². The molecule has 22 heavy (non-hydrogen) atoms. The lowest BCUT2D eigenvalue weighted by molar-refractivity contribution is 0.270. The van der Waals surface area contributed by atoms with Crippen LogP contribution in [0, 0.1) is 19.8 Å². The van der Waals surface area contributed by atoms with E-state index in [1.807, 2.05) is 22.9 Å². The molecule has 2 N–H and O–H groups in total. The van der Waals surface area contributed by atoms with Crippen molar-refractivity contribution in [2.45, 2.75) is 53.1 Å². The fourth-order valence-electron chi connectivity index (χ4n) is 2.98. The molecule has 1 unspecified atom stereocenters. The summed E-state index contributed by atoms with van der Waals surface area (Å²) in [5.41, 5.74) is 3.45. The van der Waals surface area contributed by atoms with Gasteiger partial charge in [0.15, 0.2) is 0 Å². The standard InChI is InChI=1S/C16H24N4OS/c1-10-4-5-13-14(8-10)22-15(18-13)9-17-16-11(2)12(3)19-20(16)6-7-21/h10,17,21H,4-9H2,1-3H3. The van der Waals surface area contributed by atoms with Crippen LogP contribution in [0.4, 0.5) is 5.82 Å². The molecule has 6 heteroatoms. The summed E-state index contributed by atoms with van der Waals surface area (Å²) in [5.74, 6) is 1.78. The highest BCUT2D eigenvalue weighted by Gasteiger charge is 2.20. The van der Waals surface area contributed by atoms with Crippen molar-refractivity contribution in [3.05, 3.63) is 26.8 Å². The maximum atomic E-state index is 9.17. The van der Waals surface area contributed by atoms with E-state index in [0.717, 1.165) is 41.0 Å². The third-order valence-corrected chi connectivity index (χ3v) is 5.50. The van der Waals surface area contributed by atoms with Crippen LogP contribution in [-0.2, 0) is 25.9 Å². The molecule has 0 aromatic carbocycles. The topological polar surface area (TPSA) is 63.0 Å². The zero-order valence-electron chi connectivity index (χ0n) is 13.5. The Labute approximate surface area is 135 Å². The molecule has 3 rings (SSSR count). The molecule has 0 radical (unpaired) electrons. The predicted octanol–water partition coefficient (Wildman–Crippen LogP) is 2.69. The number of aliphatic hydroxyl groups is 1. The zero-order chi connectivity index (χ0) is 15.7. The molecule has 2 aromatic rings. The highest BCUT2D eigenvalue weighted by molar-refractivity contribution is 7.11. The molecule has 1 atom stereocenters. The summed E-state index contributed by atoms with van der Waals surface area (Å²) in [5, 5.41) is 18.2. The molecule has 2 heterocycles. The van der Waals surface area contributed by atoms with Crippen LogP contribution in [0.5, 0.6) is 0 Å². The lowest BCUT2D eigenvalue weighted by Gasteiger charge is -2.15. The average molecular weight is 320 g/mol. The number of fused-ring (bicyclic) bond motifs is 1. The summed E-state index contributed by atoms with van der Waals surface area (Å²) >= 11 is 1.84. The molecule has 1 aliphatic carbocycles. The third-order valence-electron chi connectivity index (χ3n) is 4.38. The van der Waals surface area contributed by atoms with E-state index in [9.17, 15) is 0 Å². The highest BCUT2D eigenvalue weighted by Crippen LogP contribution is 2.30. The SMILES string of the molecule is Cc1nn(CCO)c(NCc2nc3c(s2)CC(C)CC3)c1C. The van der Waals surface area contributed by atoms with Crippen molar-refractivity contribution in [2.75, 3.05) is 11.9 Å². The minimum atomic E-state index is 0.0959. The normalized spacial score (nSPS) is 17.5. The van der Waals surface area contributed by atoms with Crippen molar-refractivity contribution in [2.24, 2.45) is 5.92 Å². The van der Waals surface area contributed by atoms with Gasteiger partial charge in [0.05, 0.1) is 31.1 Å². The molecule has 0 saturated carbocycles. The molecular weight excluding hydrogens is 296 g/mol. The molecule has 0 saturated heterocycles. The second-order valence-electron chi connectivity index (χ2n) is 6.18. The third kappa shape index (κ3) is 3.03. The number of anilines is 1. The second kappa shape index (κ2) is 6.38. The van der Waals surface area contributed by atoms with Gasteiger partial charge in [-0.2, -0.15) is 5.10 Å². The van der Waals surface area contributed by atoms with Gasteiger partial charge in [-0.15, -0.1) is 11.3 Å². The van der Waals surface area contributed by atoms with E-state index in [2.05, 4.69) is 24.3 Å². The quantitative estimate of drug-likeness (QED) is 0.889. The summed E-state index contributed by atoms with van der Waals surface area (Å²) < 4.78 is 1.85. The number of aryl methyl sites for hydroxylation is 2. The molecule has 120 valence electrons. The van der Waals surface area contributed by atoms with E-state index in [0.29, 0.717) is 6.54 Å². The van der Waals surface area contributed by atoms with Crippen molar-refractivity contribution in [3.8, 4) is 0 Å². The second-order valence-corrected chi connectivity index (χ2v) is 7.35. The van der Waals surface area contributed by atoms with Crippen molar-refractivity contribution < 1.29 is 5.11 Å². The maximum Gasteiger partial charge on any atom is 0.127 e. The highest BCUT2D eigenvalue weighted by atomic mass is 32.1. The Hall–Kier alpha value is -1.40. The first-order valence-electron chi connectivity index (χ1n) is 7.94. The fraction of sp³-hybridized carbons (Fsp3) is 0.625. The first kappa shape index (κ1) is 15.5. The van der Waals surface area contributed by atoms with Gasteiger partial charge in [0.25, 0.3) is 0 Å². The first-order chi connectivity index (χ1) is 10.6. The van der Waals surface area contributed by atoms with Crippen LogP contribution in [-0.4, -0.2) is 26.5 Å². The monoisotopic (exact) mass is 320 g/mol. The summed E-state index contributed by atoms with van der Waals surface area (Å²) in [6.07, 6.45) is 3.55. The largest absolute Gasteiger partial charge is 0.394 e. The van der Waals surface area contributed by atoms with Gasteiger partial charge >= 0.3 is 0 Å². The first-order valence-corrected chi connectivity index (χ1v) is 8.76. The fourth-order valence-corrected chi connectivity index (χ4v) is 4.20. The Morgan fingerprint density at radius 1 is 1.41 bits per heavy atom. The van der Waals surface area contributed by atoms with E-state index >= 15 is 0 Å². The smallest absolute Gasteiger partial charge is 0.127 e. The lowest BCUT2D eigenvalue weighted by Crippen LogP contribution is -2.11. The van der Waals surface area contributed by atoms with Crippen LogP contribution in [0.2, 0.25) is 0 Å². The van der Waals surface area contributed by atoms with E-state index < -0.39 is 0 Å². The number of nitrogens with one attached hydrogen (secondary N) is 1. The average Bonchev–Trinajstić information content (AvgIpc) is 2.99. The number of aliphatic hydroxyl groups excluding tert-OH is 1. The van der Waals surface area contributed by atoms with Gasteiger partial charge in [0.1, 0.15) is 10.8 Å². The summed E-state index contributed by atoms with van der Waals surface area (Å²) in [6, 6.07) is 0. The zero-order valence-corrected chi connectivity index (χ0v) is 14.3. The summed E-state index contributed by atoms with van der Waals surface area (Å²) in [6.45, 7) is 7.72. The number of nitrogens with zero attached hydrogens (tertiary/aromatic N) is 3. The number of thiazole rings is 1. The predicted molar refractivity (Wildman–Crippen MR) is 89.4 cm³/mol. The number of hydrogen-bond acceptors (Lipinski definition) is 5. The van der Waals surface area contributed by atoms with Crippen LogP contribution < -0.4 is 5.32 Å². The van der Waals surface area contributed by atoms with Crippen molar-refractivity contribution >= 4 is 17.2 Å². The van der Waals surface area contributed by atoms with E-state index in [1.54, 1.807) is 0 Å². The molecule has 2 aromatic heterocycles. The minimum absolute atomic E-state index is 0.0959. The Morgan fingerprint density at radius 2 is 2.23 bits per heavy atom. The van der Waals surface area contributed by atoms with Gasteiger partial charge in [-0.25, -0.2) is 9.67 Å². The molecule has 0 bridgehead atoms. The van der Waals surface area contributed by atoms with E-state index in [-0.39, 0.29) is 6.61 Å². The van der Waals surface area contributed by atoms with Crippen LogP contribution >= 0.6 is 11.3 Å². The minimum Gasteiger partial charge on any atom is -0.394 e. The molecule has 0 fully saturated rings. The Kier molecular flexibility index (Phi) is 4.49.